The summed E-state index contributed by atoms with van der Waals surface area (Å²) < 4.78 is 0. The number of carbonyl (C=O) groups is 3. The van der Waals surface area contributed by atoms with Crippen molar-refractivity contribution in [3.63, 3.8) is 0 Å². The topological polar surface area (TPSA) is 330 Å². The Hall–Kier alpha value is -1.35. The molecule has 0 unspecified atom stereocenters. The summed E-state index contributed by atoms with van der Waals surface area (Å²) >= 11 is 0. The maximum atomic E-state index is 10.1. The number of carboxylic acid groups (broad SMARTS) is 3. The average Bonchev–Trinajstić information content (AvgIpc) is 1.82. The largest absolute Gasteiger partial charge is 3.00 e. The number of rotatable bonds is 5. The molecule has 0 bridgehead atoms. The fourth-order valence-electron chi connectivity index (χ4n) is 0.684. The molecule has 0 rings (SSSR count). The van der Waals surface area contributed by atoms with E-state index in [1.54, 1.807) is 0 Å². The number of aliphatic hydroxyl groups is 1. The van der Waals surface area contributed by atoms with Crippen molar-refractivity contribution >= 4 is 17.9 Å². The van der Waals surface area contributed by atoms with Gasteiger partial charge in [-0.1, -0.05) is 0 Å². The van der Waals surface area contributed by atoms with Crippen molar-refractivity contribution in [1.29, 1.82) is 0 Å². The van der Waals surface area contributed by atoms with Gasteiger partial charge in [-0.25, -0.2) is 0 Å². The molecular weight excluding hydrogens is 336 g/mol. The van der Waals surface area contributed by atoms with Crippen LogP contribution >= 0.6 is 0 Å². The summed E-state index contributed by atoms with van der Waals surface area (Å²) in [5.74, 6) is -5.98. The molecular formula is C6H17FeO13. The Labute approximate surface area is 122 Å². The number of hydrogen-bond donors (Lipinski definition) is 1. The summed E-state index contributed by atoms with van der Waals surface area (Å²) in [5, 5.41) is 38.9. The van der Waals surface area contributed by atoms with E-state index < -0.39 is 36.4 Å². The molecule has 14 heteroatoms. The summed E-state index contributed by atoms with van der Waals surface area (Å²) in [6.45, 7) is 0. The molecule has 0 saturated heterocycles. The molecule has 0 aromatic carbocycles. The summed E-state index contributed by atoms with van der Waals surface area (Å²) in [4.78, 5) is 30.0. The molecule has 20 heavy (non-hydrogen) atoms. The van der Waals surface area contributed by atoms with Gasteiger partial charge in [0.05, 0.1) is 5.97 Å². The van der Waals surface area contributed by atoms with Crippen LogP contribution in [0.4, 0.5) is 0 Å². The van der Waals surface area contributed by atoms with Crippen LogP contribution in [0.5, 0.6) is 0 Å². The molecule has 0 aromatic heterocycles. The number of hydrogen-bond acceptors (Lipinski definition) is 7. The van der Waals surface area contributed by atoms with Gasteiger partial charge in [-0.2, -0.15) is 0 Å². The first kappa shape index (κ1) is 51.2. The molecule has 0 aliphatic rings. The van der Waals surface area contributed by atoms with Crippen LogP contribution in [-0.4, -0.2) is 61.5 Å². The summed E-state index contributed by atoms with van der Waals surface area (Å²) in [5.41, 5.74) is -2.97. The van der Waals surface area contributed by atoms with E-state index in [1.807, 2.05) is 0 Å². The van der Waals surface area contributed by atoms with Gasteiger partial charge in [0, 0.05) is 24.8 Å². The Kier molecular flexibility index (Phi) is 51.2. The fraction of sp³-hybridized carbons (Fsp3) is 0.500. The Bertz CT molecular complexity index is 237. The molecule has 0 atom stereocenters. The maximum absolute atomic E-state index is 10.1. The first-order valence-electron chi connectivity index (χ1n) is 3.11. The summed E-state index contributed by atoms with van der Waals surface area (Å²) in [6, 6.07) is 0. The standard InChI is InChI=1S/C6H8O7.Fe.6H2O/c7-3(8)1-6(13,5(11)12)2-4(9)10;;;;;;;/h13H,1-2H2,(H,7,8)(H,9,10)(H,11,12);;6*1H2/q;+3;;;;;;/p-3. The molecule has 0 spiro atoms. The fourth-order valence-corrected chi connectivity index (χ4v) is 0.684. The molecule has 0 aromatic rings. The second kappa shape index (κ2) is 20.0. The SMILES string of the molecule is O.O.O.O.O.O.O=C([O-])CC(O)(CC(=O)[O-])C(=O)[O-].[Fe+3]. The monoisotopic (exact) mass is 353 g/mol. The summed E-state index contributed by atoms with van der Waals surface area (Å²) in [6.07, 6.45) is -2.72. The van der Waals surface area contributed by atoms with E-state index in [0.717, 1.165) is 0 Å². The molecule has 0 amide bonds. The normalized spacial score (nSPS) is 7.05. The van der Waals surface area contributed by atoms with Crippen molar-refractivity contribution in [1.82, 2.24) is 0 Å². The first-order valence-corrected chi connectivity index (χ1v) is 3.11. The van der Waals surface area contributed by atoms with E-state index in [1.165, 1.54) is 0 Å². The van der Waals surface area contributed by atoms with Crippen molar-refractivity contribution in [2.75, 3.05) is 0 Å². The zero-order valence-electron chi connectivity index (χ0n) is 9.66. The van der Waals surface area contributed by atoms with Gasteiger partial charge in [0.15, 0.2) is 0 Å². The van der Waals surface area contributed by atoms with Crippen LogP contribution in [0, 0.1) is 0 Å². The van der Waals surface area contributed by atoms with Crippen LogP contribution in [0.15, 0.2) is 0 Å². The van der Waals surface area contributed by atoms with Gasteiger partial charge in [0.25, 0.3) is 0 Å². The number of carbonyl (C=O) groups excluding carboxylic acids is 3. The van der Waals surface area contributed by atoms with Gasteiger partial charge in [0.1, 0.15) is 5.60 Å². The van der Waals surface area contributed by atoms with E-state index in [0.29, 0.717) is 0 Å². The van der Waals surface area contributed by atoms with Crippen LogP contribution in [-0.2, 0) is 31.5 Å². The minimum absolute atomic E-state index is 0. The van der Waals surface area contributed by atoms with Crippen molar-refractivity contribution in [2.24, 2.45) is 0 Å². The van der Waals surface area contributed by atoms with E-state index in [2.05, 4.69) is 0 Å². The minimum atomic E-state index is -2.97. The van der Waals surface area contributed by atoms with Gasteiger partial charge in [-0.3, -0.25) is 0 Å². The maximum Gasteiger partial charge on any atom is 3.00 e. The third-order valence-corrected chi connectivity index (χ3v) is 1.25. The van der Waals surface area contributed by atoms with Crippen LogP contribution < -0.4 is 15.3 Å². The van der Waals surface area contributed by atoms with E-state index in [-0.39, 0.29) is 49.9 Å². The third kappa shape index (κ3) is 19.0. The van der Waals surface area contributed by atoms with Crippen LogP contribution in [0.2, 0.25) is 0 Å². The van der Waals surface area contributed by atoms with Crippen LogP contribution in [0.3, 0.4) is 0 Å². The Balaban J connectivity index is -0.0000000343. The Morgan fingerprint density at radius 3 is 1.05 bits per heavy atom. The smallest absolute Gasteiger partial charge is 0.550 e. The molecule has 127 valence electrons. The van der Waals surface area contributed by atoms with Crippen molar-refractivity contribution in [3.05, 3.63) is 0 Å². The predicted molar refractivity (Wildman–Crippen MR) is 50.9 cm³/mol. The molecule has 0 saturated carbocycles. The molecule has 0 fully saturated rings. The summed E-state index contributed by atoms with van der Waals surface area (Å²) in [7, 11) is 0. The van der Waals surface area contributed by atoms with Crippen molar-refractivity contribution < 1.29 is 84.7 Å². The third-order valence-electron chi connectivity index (χ3n) is 1.25. The zero-order chi connectivity index (χ0) is 10.6. The minimum Gasteiger partial charge on any atom is -0.550 e. The Morgan fingerprint density at radius 2 is 0.950 bits per heavy atom. The van der Waals surface area contributed by atoms with Gasteiger partial charge in [0.2, 0.25) is 0 Å². The van der Waals surface area contributed by atoms with Gasteiger partial charge < -0.3 is 67.7 Å². The predicted octanol–water partition coefficient (Wildman–Crippen LogP) is -10.2. The average molecular weight is 353 g/mol. The molecule has 0 aliphatic carbocycles. The molecule has 13 N–H and O–H groups in total. The van der Waals surface area contributed by atoms with E-state index >= 15 is 0 Å². The first-order chi connectivity index (χ1) is 5.78. The molecule has 0 heterocycles. The molecule has 1 radical (unpaired) electrons. The van der Waals surface area contributed by atoms with Gasteiger partial charge in [-0.15, -0.1) is 0 Å². The second-order valence-corrected chi connectivity index (χ2v) is 2.42. The number of carboxylic acids is 3. The second-order valence-electron chi connectivity index (χ2n) is 2.42. The van der Waals surface area contributed by atoms with Crippen molar-refractivity contribution in [2.45, 2.75) is 18.4 Å². The van der Waals surface area contributed by atoms with E-state index in [9.17, 15) is 29.7 Å². The molecule has 13 nitrogen and oxygen atoms in total. The number of aliphatic carboxylic acids is 3. The van der Waals surface area contributed by atoms with Crippen LogP contribution in [0.1, 0.15) is 12.8 Å². The van der Waals surface area contributed by atoms with Gasteiger partial charge in [-0.05, 0) is 0 Å². The quantitative estimate of drug-likeness (QED) is 0.464. The molecule has 0 aliphatic heterocycles. The van der Waals surface area contributed by atoms with E-state index in [4.69, 9.17) is 5.11 Å². The zero-order valence-corrected chi connectivity index (χ0v) is 10.8. The van der Waals surface area contributed by atoms with Gasteiger partial charge >= 0.3 is 17.1 Å². The van der Waals surface area contributed by atoms with Crippen LogP contribution in [0.25, 0.3) is 0 Å². The van der Waals surface area contributed by atoms with Crippen molar-refractivity contribution in [3.8, 4) is 0 Å². The Morgan fingerprint density at radius 1 is 0.750 bits per heavy atom.